The molecule has 1 heterocycles. The van der Waals surface area contributed by atoms with E-state index in [2.05, 4.69) is 5.32 Å². The van der Waals surface area contributed by atoms with Crippen LogP contribution in [0, 0.1) is 0 Å². The Hall–Kier alpha value is -2.15. The zero-order chi connectivity index (χ0) is 14.5. The Morgan fingerprint density at radius 3 is 2.70 bits per heavy atom. The van der Waals surface area contributed by atoms with Crippen molar-refractivity contribution in [2.45, 2.75) is 25.4 Å². The molecule has 1 fully saturated rings. The minimum Gasteiger partial charge on any atom is -0.478 e. The van der Waals surface area contributed by atoms with E-state index >= 15 is 0 Å². The van der Waals surface area contributed by atoms with Gasteiger partial charge in [0, 0.05) is 23.1 Å². The van der Waals surface area contributed by atoms with Gasteiger partial charge in [0.1, 0.15) is 0 Å². The molecule has 1 aliphatic rings. The molecule has 0 aromatic carbocycles. The lowest BCUT2D eigenvalue weighted by Gasteiger charge is -2.21. The summed E-state index contributed by atoms with van der Waals surface area (Å²) in [5.41, 5.74) is 0. The molecule has 106 valence electrons. The van der Waals surface area contributed by atoms with Crippen LogP contribution in [0.2, 0.25) is 0 Å². The van der Waals surface area contributed by atoms with E-state index in [4.69, 9.17) is 5.11 Å². The first kappa shape index (κ1) is 14.3. The molecular weight excluding hydrogens is 280 g/mol. The van der Waals surface area contributed by atoms with Gasteiger partial charge in [0.2, 0.25) is 0 Å². The lowest BCUT2D eigenvalue weighted by Crippen LogP contribution is -2.43. The second kappa shape index (κ2) is 6.33. The van der Waals surface area contributed by atoms with Crippen molar-refractivity contribution in [1.82, 2.24) is 10.2 Å². The molecule has 0 bridgehead atoms. The summed E-state index contributed by atoms with van der Waals surface area (Å²) in [5.74, 6) is -1.96. The molecule has 1 aromatic rings. The highest BCUT2D eigenvalue weighted by molar-refractivity contribution is 7.09. The van der Waals surface area contributed by atoms with Crippen LogP contribution in [0.15, 0.2) is 29.7 Å². The second-order valence-corrected chi connectivity index (χ2v) is 5.44. The van der Waals surface area contributed by atoms with Gasteiger partial charge in [0.05, 0.1) is 6.54 Å². The van der Waals surface area contributed by atoms with Crippen molar-refractivity contribution in [2.24, 2.45) is 0 Å². The first-order valence-electron chi connectivity index (χ1n) is 6.11. The largest absolute Gasteiger partial charge is 0.478 e. The molecule has 3 amide bonds. The number of nitrogens with one attached hydrogen (secondary N) is 1. The molecule has 2 N–H and O–H groups in total. The van der Waals surface area contributed by atoms with Crippen LogP contribution in [0.1, 0.15) is 17.7 Å². The van der Waals surface area contributed by atoms with Crippen LogP contribution in [0.5, 0.6) is 0 Å². The highest BCUT2D eigenvalue weighted by Crippen LogP contribution is 2.29. The van der Waals surface area contributed by atoms with E-state index in [0.717, 1.165) is 23.8 Å². The SMILES string of the molecule is O=C(O)C=CC(=O)NC(=O)N(Cc1cccs1)C1CC1. The number of hydrogen-bond acceptors (Lipinski definition) is 4. The summed E-state index contributed by atoms with van der Waals surface area (Å²) < 4.78 is 0. The highest BCUT2D eigenvalue weighted by atomic mass is 32.1. The van der Waals surface area contributed by atoms with Crippen LogP contribution in [-0.4, -0.2) is 34.0 Å². The van der Waals surface area contributed by atoms with Crippen LogP contribution in [0.3, 0.4) is 0 Å². The number of carbonyl (C=O) groups excluding carboxylic acids is 2. The Morgan fingerprint density at radius 1 is 1.40 bits per heavy atom. The molecule has 1 aliphatic carbocycles. The molecule has 0 unspecified atom stereocenters. The smallest absolute Gasteiger partial charge is 0.328 e. The molecule has 0 radical (unpaired) electrons. The summed E-state index contributed by atoms with van der Waals surface area (Å²) in [4.78, 5) is 36.4. The van der Waals surface area contributed by atoms with Crippen LogP contribution < -0.4 is 5.32 Å². The second-order valence-electron chi connectivity index (χ2n) is 4.40. The van der Waals surface area contributed by atoms with Crippen molar-refractivity contribution in [3.63, 3.8) is 0 Å². The number of rotatable bonds is 5. The minimum absolute atomic E-state index is 0.161. The van der Waals surface area contributed by atoms with Gasteiger partial charge in [-0.2, -0.15) is 0 Å². The van der Waals surface area contributed by atoms with Gasteiger partial charge in [-0.05, 0) is 24.3 Å². The van der Waals surface area contributed by atoms with Gasteiger partial charge in [-0.15, -0.1) is 11.3 Å². The molecule has 1 saturated carbocycles. The minimum atomic E-state index is -1.23. The van der Waals surface area contributed by atoms with Gasteiger partial charge in [-0.1, -0.05) is 6.07 Å². The third-order valence-electron chi connectivity index (χ3n) is 2.76. The average Bonchev–Trinajstić information content (AvgIpc) is 3.10. The van der Waals surface area contributed by atoms with Gasteiger partial charge in [-0.25, -0.2) is 9.59 Å². The molecule has 0 atom stereocenters. The molecule has 0 aliphatic heterocycles. The predicted molar refractivity (Wildman–Crippen MR) is 73.2 cm³/mol. The fourth-order valence-electron chi connectivity index (χ4n) is 1.69. The van der Waals surface area contributed by atoms with E-state index in [9.17, 15) is 14.4 Å². The molecule has 7 heteroatoms. The first-order valence-corrected chi connectivity index (χ1v) is 6.99. The standard InChI is InChI=1S/C13H14N2O4S/c16-11(5-6-12(17)18)14-13(19)15(9-3-4-9)8-10-2-1-7-20-10/h1-2,5-7,9H,3-4,8H2,(H,17,18)(H,14,16,19). The Labute approximate surface area is 119 Å². The number of amides is 3. The van der Waals surface area contributed by atoms with Crippen molar-refractivity contribution in [3.8, 4) is 0 Å². The fraction of sp³-hybridized carbons (Fsp3) is 0.308. The molecule has 0 saturated heterocycles. The molecule has 20 heavy (non-hydrogen) atoms. The maximum atomic E-state index is 12.0. The predicted octanol–water partition coefficient (Wildman–Crippen LogP) is 1.59. The van der Waals surface area contributed by atoms with Crippen molar-refractivity contribution in [1.29, 1.82) is 0 Å². The summed E-state index contributed by atoms with van der Waals surface area (Å²) in [6.07, 6.45) is 3.38. The zero-order valence-electron chi connectivity index (χ0n) is 10.6. The van der Waals surface area contributed by atoms with Crippen molar-refractivity contribution in [2.75, 3.05) is 0 Å². The van der Waals surface area contributed by atoms with Crippen molar-refractivity contribution < 1.29 is 19.5 Å². The highest BCUT2D eigenvalue weighted by Gasteiger charge is 2.33. The normalized spacial score (nSPS) is 14.2. The van der Waals surface area contributed by atoms with E-state index in [-0.39, 0.29) is 6.04 Å². The number of hydrogen-bond donors (Lipinski definition) is 2. The van der Waals surface area contributed by atoms with E-state index in [1.807, 2.05) is 17.5 Å². The summed E-state index contributed by atoms with van der Waals surface area (Å²) in [6.45, 7) is 0.462. The summed E-state index contributed by atoms with van der Waals surface area (Å²) in [5, 5.41) is 12.5. The number of carboxylic acids is 1. The molecule has 1 aromatic heterocycles. The number of urea groups is 1. The number of aliphatic carboxylic acids is 1. The number of carbonyl (C=O) groups is 3. The monoisotopic (exact) mass is 294 g/mol. The zero-order valence-corrected chi connectivity index (χ0v) is 11.4. The van der Waals surface area contributed by atoms with Gasteiger partial charge >= 0.3 is 12.0 Å². The quantitative estimate of drug-likeness (QED) is 0.807. The number of thiophene rings is 1. The van der Waals surface area contributed by atoms with Gasteiger partial charge in [0.15, 0.2) is 0 Å². The van der Waals surface area contributed by atoms with E-state index in [1.54, 1.807) is 16.2 Å². The van der Waals surface area contributed by atoms with Gasteiger partial charge in [-0.3, -0.25) is 10.1 Å². The topological polar surface area (TPSA) is 86.7 Å². The van der Waals surface area contributed by atoms with Crippen LogP contribution >= 0.6 is 11.3 Å². The Kier molecular flexibility index (Phi) is 4.52. The Morgan fingerprint density at radius 2 is 2.15 bits per heavy atom. The molecule has 6 nitrogen and oxygen atoms in total. The molecular formula is C13H14N2O4S. The Bertz CT molecular complexity index is 535. The Balaban J connectivity index is 1.94. The van der Waals surface area contributed by atoms with Crippen LogP contribution in [0.25, 0.3) is 0 Å². The fourth-order valence-corrected chi connectivity index (χ4v) is 2.39. The number of nitrogens with zero attached hydrogens (tertiary/aromatic N) is 1. The lowest BCUT2D eigenvalue weighted by atomic mass is 10.4. The number of imide groups is 1. The molecule has 2 rings (SSSR count). The van der Waals surface area contributed by atoms with Crippen LogP contribution in [0.4, 0.5) is 4.79 Å². The summed E-state index contributed by atoms with van der Waals surface area (Å²) in [6, 6.07) is 3.51. The van der Waals surface area contributed by atoms with Gasteiger partial charge < -0.3 is 10.0 Å². The third-order valence-corrected chi connectivity index (χ3v) is 3.62. The lowest BCUT2D eigenvalue weighted by molar-refractivity contribution is -0.131. The maximum absolute atomic E-state index is 12.0. The maximum Gasteiger partial charge on any atom is 0.328 e. The number of carboxylic acid groups (broad SMARTS) is 1. The third kappa shape index (κ3) is 4.20. The van der Waals surface area contributed by atoms with Crippen molar-refractivity contribution in [3.05, 3.63) is 34.5 Å². The summed E-state index contributed by atoms with van der Waals surface area (Å²) >= 11 is 1.55. The van der Waals surface area contributed by atoms with Crippen molar-refractivity contribution >= 4 is 29.2 Å². The average molecular weight is 294 g/mol. The summed E-state index contributed by atoms with van der Waals surface area (Å²) in [7, 11) is 0. The van der Waals surface area contributed by atoms with E-state index in [0.29, 0.717) is 12.6 Å². The van der Waals surface area contributed by atoms with Crippen LogP contribution in [-0.2, 0) is 16.1 Å². The van der Waals surface area contributed by atoms with E-state index in [1.165, 1.54) is 0 Å². The van der Waals surface area contributed by atoms with E-state index < -0.39 is 17.9 Å². The molecule has 0 spiro atoms. The van der Waals surface area contributed by atoms with Gasteiger partial charge in [0.25, 0.3) is 5.91 Å². The first-order chi connectivity index (χ1) is 9.56.